The number of hydrogen-bond donors (Lipinski definition) is 0. The number of aryl methyl sites for hydroxylation is 1. The normalized spacial score (nSPS) is 15.7. The van der Waals surface area contributed by atoms with Crippen LogP contribution in [0.2, 0.25) is 0 Å². The molecule has 1 saturated heterocycles. The van der Waals surface area contributed by atoms with Crippen molar-refractivity contribution < 1.29 is 18.7 Å². The van der Waals surface area contributed by atoms with Crippen molar-refractivity contribution in [2.45, 2.75) is 46.5 Å². The summed E-state index contributed by atoms with van der Waals surface area (Å²) in [6, 6.07) is 1.80. The summed E-state index contributed by atoms with van der Waals surface area (Å²) in [5, 5.41) is 0. The lowest BCUT2D eigenvalue weighted by molar-refractivity contribution is 0.0565. The van der Waals surface area contributed by atoms with Crippen LogP contribution in [0.25, 0.3) is 0 Å². The Morgan fingerprint density at radius 2 is 1.81 bits per heavy atom. The van der Waals surface area contributed by atoms with E-state index in [1.54, 1.807) is 29.7 Å². The van der Waals surface area contributed by atoms with Crippen LogP contribution in [0, 0.1) is 6.92 Å². The van der Waals surface area contributed by atoms with E-state index in [1.165, 1.54) is 0 Å². The summed E-state index contributed by atoms with van der Waals surface area (Å²) in [6.45, 7) is 9.44. The number of ether oxygens (including phenoxy) is 1. The molecule has 0 N–H and O–H groups in total. The number of hydrogen-bond acceptors (Lipinski definition) is 5. The van der Waals surface area contributed by atoms with Gasteiger partial charge in [-0.2, -0.15) is 0 Å². The second-order valence-electron chi connectivity index (χ2n) is 6.66. The van der Waals surface area contributed by atoms with Crippen molar-refractivity contribution in [1.82, 2.24) is 9.80 Å². The maximum absolute atomic E-state index is 12.8. The molecule has 1 atom stereocenters. The van der Waals surface area contributed by atoms with E-state index >= 15 is 0 Å². The lowest BCUT2D eigenvalue weighted by Crippen LogP contribution is -2.51. The van der Waals surface area contributed by atoms with Crippen LogP contribution in [0.1, 0.15) is 61.2 Å². The largest absolute Gasteiger partial charge is 0.450 e. The van der Waals surface area contributed by atoms with Crippen LogP contribution in [0.3, 0.4) is 0 Å². The molecule has 1 aromatic rings. The van der Waals surface area contributed by atoms with Crippen LogP contribution in [0.15, 0.2) is 15.3 Å². The van der Waals surface area contributed by atoms with E-state index in [2.05, 4.69) is 6.92 Å². The average Bonchev–Trinajstić information content (AvgIpc) is 2.61. The van der Waals surface area contributed by atoms with Gasteiger partial charge in [0, 0.05) is 32.1 Å². The first-order valence-electron chi connectivity index (χ1n) is 9.24. The Balaban J connectivity index is 2.11. The van der Waals surface area contributed by atoms with Gasteiger partial charge in [0.2, 0.25) is 0 Å². The fraction of sp³-hybridized carbons (Fsp3) is 0.632. The van der Waals surface area contributed by atoms with Crippen LogP contribution in [-0.2, 0) is 4.74 Å². The van der Waals surface area contributed by atoms with Crippen LogP contribution in [0.5, 0.6) is 0 Å². The molecule has 7 heteroatoms. The monoisotopic (exact) mass is 364 g/mol. The summed E-state index contributed by atoms with van der Waals surface area (Å²) >= 11 is 0. The second kappa shape index (κ2) is 8.87. The molecule has 1 aromatic heterocycles. The minimum absolute atomic E-state index is 0.0852. The lowest BCUT2D eigenvalue weighted by Gasteiger charge is -2.34. The van der Waals surface area contributed by atoms with Crippen molar-refractivity contribution in [3.63, 3.8) is 0 Å². The molecule has 7 nitrogen and oxygen atoms in total. The highest BCUT2D eigenvalue weighted by Gasteiger charge is 2.28. The first-order valence-corrected chi connectivity index (χ1v) is 9.24. The molecule has 0 aliphatic carbocycles. The quantitative estimate of drug-likeness (QED) is 0.802. The van der Waals surface area contributed by atoms with E-state index in [4.69, 9.17) is 9.15 Å². The molecule has 0 saturated carbocycles. The highest BCUT2D eigenvalue weighted by Crippen LogP contribution is 2.21. The Hall–Kier alpha value is -2.31. The molecule has 0 aromatic carbocycles. The van der Waals surface area contributed by atoms with Crippen molar-refractivity contribution in [3.8, 4) is 0 Å². The van der Waals surface area contributed by atoms with Gasteiger partial charge in [0.1, 0.15) is 11.3 Å². The van der Waals surface area contributed by atoms with Gasteiger partial charge < -0.3 is 19.0 Å². The van der Waals surface area contributed by atoms with Gasteiger partial charge in [0.25, 0.3) is 5.91 Å². The number of rotatable bonds is 5. The Morgan fingerprint density at radius 1 is 1.19 bits per heavy atom. The molecule has 0 bridgehead atoms. The van der Waals surface area contributed by atoms with Gasteiger partial charge in [-0.3, -0.25) is 4.79 Å². The molecule has 1 aliphatic heterocycles. The van der Waals surface area contributed by atoms with E-state index in [0.717, 1.165) is 12.8 Å². The molecule has 1 fully saturated rings. The van der Waals surface area contributed by atoms with Gasteiger partial charge in [-0.1, -0.05) is 20.3 Å². The molecule has 0 spiro atoms. The fourth-order valence-electron chi connectivity index (χ4n) is 3.17. The molecular weight excluding hydrogens is 336 g/mol. The fourth-order valence-corrected chi connectivity index (χ4v) is 3.17. The minimum Gasteiger partial charge on any atom is -0.450 e. The van der Waals surface area contributed by atoms with Gasteiger partial charge in [-0.05, 0) is 31.9 Å². The smallest absolute Gasteiger partial charge is 0.409 e. The third-order valence-electron chi connectivity index (χ3n) is 4.68. The molecular formula is C19H28N2O5. The maximum Gasteiger partial charge on any atom is 0.409 e. The zero-order valence-corrected chi connectivity index (χ0v) is 16.0. The highest BCUT2D eigenvalue weighted by atomic mass is 16.6. The highest BCUT2D eigenvalue weighted by molar-refractivity contribution is 5.95. The molecule has 0 radical (unpaired) electrons. The SMILES string of the molecule is CCCC(C)c1cc(C)c(C(=O)N2CCN(C(=O)OCC)CC2)c(=O)o1. The molecule has 2 heterocycles. The van der Waals surface area contributed by atoms with E-state index in [9.17, 15) is 14.4 Å². The summed E-state index contributed by atoms with van der Waals surface area (Å²) in [4.78, 5) is 40.1. The molecule has 1 unspecified atom stereocenters. The third-order valence-corrected chi connectivity index (χ3v) is 4.68. The minimum atomic E-state index is -0.583. The third kappa shape index (κ3) is 4.45. The van der Waals surface area contributed by atoms with Crippen LogP contribution in [-0.4, -0.2) is 54.6 Å². The summed E-state index contributed by atoms with van der Waals surface area (Å²) in [5.41, 5.74) is 0.139. The average molecular weight is 364 g/mol. The van der Waals surface area contributed by atoms with Gasteiger partial charge >= 0.3 is 11.7 Å². The molecule has 26 heavy (non-hydrogen) atoms. The Morgan fingerprint density at radius 3 is 2.35 bits per heavy atom. The van der Waals surface area contributed by atoms with Crippen LogP contribution >= 0.6 is 0 Å². The summed E-state index contributed by atoms with van der Waals surface area (Å²) in [7, 11) is 0. The van der Waals surface area contributed by atoms with Crippen molar-refractivity contribution in [2.24, 2.45) is 0 Å². The number of nitrogens with zero attached hydrogens (tertiary/aromatic N) is 2. The topological polar surface area (TPSA) is 80.1 Å². The zero-order chi connectivity index (χ0) is 19.3. The Kier molecular flexibility index (Phi) is 6.83. The van der Waals surface area contributed by atoms with E-state index in [0.29, 0.717) is 44.1 Å². The van der Waals surface area contributed by atoms with Gasteiger partial charge in [-0.15, -0.1) is 0 Å². The lowest BCUT2D eigenvalue weighted by atomic mass is 10.00. The predicted octanol–water partition coefficient (Wildman–Crippen LogP) is 2.77. The van der Waals surface area contributed by atoms with E-state index in [-0.39, 0.29) is 23.5 Å². The number of carbonyl (C=O) groups excluding carboxylic acids is 2. The standard InChI is InChI=1S/C19H28N2O5/c1-5-7-13(3)15-12-14(4)16(18(23)26-15)17(22)20-8-10-21(11-9-20)19(24)25-6-2/h12-13H,5-11H2,1-4H3. The summed E-state index contributed by atoms with van der Waals surface area (Å²) in [5.74, 6) is 0.427. The van der Waals surface area contributed by atoms with E-state index < -0.39 is 5.63 Å². The number of piperazine rings is 1. The molecule has 144 valence electrons. The van der Waals surface area contributed by atoms with Crippen LogP contribution in [0.4, 0.5) is 4.79 Å². The first-order chi connectivity index (χ1) is 12.4. The summed E-state index contributed by atoms with van der Waals surface area (Å²) in [6.07, 6.45) is 1.55. The van der Waals surface area contributed by atoms with Gasteiger partial charge in [0.05, 0.1) is 6.61 Å². The molecule has 1 aliphatic rings. The maximum atomic E-state index is 12.8. The van der Waals surface area contributed by atoms with Crippen molar-refractivity contribution >= 4 is 12.0 Å². The Bertz CT molecular complexity index is 704. The molecule has 2 rings (SSSR count). The second-order valence-corrected chi connectivity index (χ2v) is 6.66. The van der Waals surface area contributed by atoms with Crippen molar-refractivity contribution in [1.29, 1.82) is 0 Å². The van der Waals surface area contributed by atoms with Crippen molar-refractivity contribution in [3.05, 3.63) is 33.4 Å². The predicted molar refractivity (Wildman–Crippen MR) is 97.5 cm³/mol. The Labute approximate surface area is 153 Å². The van der Waals surface area contributed by atoms with Gasteiger partial charge in [0.15, 0.2) is 0 Å². The number of amides is 2. The first kappa shape index (κ1) is 20.0. The number of carbonyl (C=O) groups is 2. The summed E-state index contributed by atoms with van der Waals surface area (Å²) < 4.78 is 10.4. The molecule has 2 amide bonds. The van der Waals surface area contributed by atoms with E-state index in [1.807, 2.05) is 6.92 Å². The van der Waals surface area contributed by atoms with Gasteiger partial charge in [-0.25, -0.2) is 9.59 Å². The zero-order valence-electron chi connectivity index (χ0n) is 16.0. The van der Waals surface area contributed by atoms with Crippen LogP contribution < -0.4 is 5.63 Å². The van der Waals surface area contributed by atoms with Crippen molar-refractivity contribution in [2.75, 3.05) is 32.8 Å².